The standard InChI is InChI=1S/C25H33F2N7O2/c1-3-16-4-6-17(7-5-16)34-15-19(21(31-34)22(26)27)29-24(35)18-14-28-33-11-8-20(30-23(18)33)32-12-9-25(2,36)10-13-32/h8,11,14-17,22,36H,3-7,9-10,12-13H2,1-2H3,(H,29,35). The molecule has 0 spiro atoms. The van der Waals surface area contributed by atoms with Crippen molar-refractivity contribution in [2.75, 3.05) is 23.3 Å². The van der Waals surface area contributed by atoms with E-state index < -0.39 is 23.6 Å². The number of halogens is 2. The summed E-state index contributed by atoms with van der Waals surface area (Å²) in [5.41, 5.74) is -0.568. The third kappa shape index (κ3) is 4.93. The lowest BCUT2D eigenvalue weighted by molar-refractivity contribution is 0.0350. The first-order valence-electron chi connectivity index (χ1n) is 12.7. The Morgan fingerprint density at radius 3 is 2.64 bits per heavy atom. The summed E-state index contributed by atoms with van der Waals surface area (Å²) in [6.45, 7) is 5.29. The average Bonchev–Trinajstić information content (AvgIpc) is 3.48. The number of aliphatic hydroxyl groups is 1. The van der Waals surface area contributed by atoms with Gasteiger partial charge in [0.2, 0.25) is 0 Å². The van der Waals surface area contributed by atoms with Gasteiger partial charge in [0.05, 0.1) is 23.5 Å². The number of nitrogens with one attached hydrogen (secondary N) is 1. The molecule has 1 saturated carbocycles. The van der Waals surface area contributed by atoms with Gasteiger partial charge in [0.25, 0.3) is 12.3 Å². The van der Waals surface area contributed by atoms with E-state index >= 15 is 0 Å². The van der Waals surface area contributed by atoms with Crippen LogP contribution in [0.2, 0.25) is 0 Å². The number of hydrogen-bond donors (Lipinski definition) is 2. The SMILES string of the molecule is CCC1CCC(n2cc(NC(=O)c3cnn4ccc(N5CCC(C)(O)CC5)nc34)c(C(F)F)n2)CC1. The normalized spacial score (nSPS) is 22.3. The summed E-state index contributed by atoms with van der Waals surface area (Å²) >= 11 is 0. The number of nitrogens with zero attached hydrogens (tertiary/aromatic N) is 6. The number of rotatable bonds is 6. The quantitative estimate of drug-likeness (QED) is 0.512. The van der Waals surface area contributed by atoms with Gasteiger partial charge in [-0.2, -0.15) is 10.2 Å². The number of anilines is 2. The van der Waals surface area contributed by atoms with E-state index in [2.05, 4.69) is 32.3 Å². The van der Waals surface area contributed by atoms with Crippen LogP contribution >= 0.6 is 0 Å². The van der Waals surface area contributed by atoms with E-state index in [1.807, 2.05) is 13.0 Å². The second-order valence-electron chi connectivity index (χ2n) is 10.3. The van der Waals surface area contributed by atoms with Gasteiger partial charge in [0.15, 0.2) is 11.3 Å². The van der Waals surface area contributed by atoms with E-state index in [0.29, 0.717) is 43.3 Å². The Bertz CT molecular complexity index is 1220. The minimum absolute atomic E-state index is 0.0152. The van der Waals surface area contributed by atoms with Crippen LogP contribution in [0.5, 0.6) is 0 Å². The molecule has 3 aromatic rings. The van der Waals surface area contributed by atoms with Crippen LogP contribution in [0.3, 0.4) is 0 Å². The fourth-order valence-electron chi connectivity index (χ4n) is 5.27. The maximum Gasteiger partial charge on any atom is 0.284 e. The van der Waals surface area contributed by atoms with Crippen molar-refractivity contribution in [2.45, 2.75) is 76.9 Å². The molecule has 1 amide bonds. The van der Waals surface area contributed by atoms with Crippen LogP contribution in [-0.4, -0.2) is 54.1 Å². The molecular formula is C25H33F2N7O2. The summed E-state index contributed by atoms with van der Waals surface area (Å²) in [6.07, 6.45) is 8.08. The van der Waals surface area contributed by atoms with Gasteiger partial charge in [-0.05, 0) is 57.4 Å². The molecule has 1 aliphatic heterocycles. The summed E-state index contributed by atoms with van der Waals surface area (Å²) in [6, 6.07) is 1.87. The molecule has 0 radical (unpaired) electrons. The van der Waals surface area contributed by atoms with E-state index in [1.165, 1.54) is 16.9 Å². The zero-order chi connectivity index (χ0) is 25.4. The van der Waals surface area contributed by atoms with E-state index in [9.17, 15) is 18.7 Å². The van der Waals surface area contributed by atoms with Gasteiger partial charge in [-0.1, -0.05) is 13.3 Å². The Morgan fingerprint density at radius 1 is 1.25 bits per heavy atom. The van der Waals surface area contributed by atoms with Crippen LogP contribution in [0, 0.1) is 5.92 Å². The largest absolute Gasteiger partial charge is 0.390 e. The Labute approximate surface area is 208 Å². The monoisotopic (exact) mass is 501 g/mol. The zero-order valence-electron chi connectivity index (χ0n) is 20.7. The highest BCUT2D eigenvalue weighted by atomic mass is 19.3. The molecule has 0 atom stereocenters. The van der Waals surface area contributed by atoms with Crippen molar-refractivity contribution in [3.63, 3.8) is 0 Å². The van der Waals surface area contributed by atoms with Crippen LogP contribution in [0.15, 0.2) is 24.7 Å². The summed E-state index contributed by atoms with van der Waals surface area (Å²) in [5, 5.41) is 21.2. The van der Waals surface area contributed by atoms with Crippen molar-refractivity contribution >= 4 is 23.1 Å². The minimum atomic E-state index is -2.81. The summed E-state index contributed by atoms with van der Waals surface area (Å²) in [4.78, 5) is 19.9. The topological polar surface area (TPSA) is 101 Å². The molecule has 2 N–H and O–H groups in total. The van der Waals surface area contributed by atoms with E-state index in [0.717, 1.165) is 32.1 Å². The van der Waals surface area contributed by atoms with Crippen LogP contribution in [-0.2, 0) is 0 Å². The molecule has 0 unspecified atom stereocenters. The molecule has 194 valence electrons. The maximum atomic E-state index is 13.8. The van der Waals surface area contributed by atoms with Gasteiger partial charge in [-0.15, -0.1) is 0 Å². The summed E-state index contributed by atoms with van der Waals surface area (Å²) in [7, 11) is 0. The van der Waals surface area contributed by atoms with E-state index in [-0.39, 0.29) is 17.3 Å². The predicted molar refractivity (Wildman–Crippen MR) is 131 cm³/mol. The lowest BCUT2D eigenvalue weighted by atomic mass is 9.85. The minimum Gasteiger partial charge on any atom is -0.390 e. The molecule has 1 saturated heterocycles. The molecule has 1 aliphatic carbocycles. The first-order valence-corrected chi connectivity index (χ1v) is 12.7. The first-order chi connectivity index (χ1) is 17.2. The molecule has 11 heteroatoms. The second kappa shape index (κ2) is 9.76. The van der Waals surface area contributed by atoms with Crippen molar-refractivity contribution in [3.8, 4) is 0 Å². The number of carbonyl (C=O) groups excluding carboxylic acids is 1. The van der Waals surface area contributed by atoms with Gasteiger partial charge in [-0.25, -0.2) is 18.3 Å². The van der Waals surface area contributed by atoms with Crippen molar-refractivity contribution in [2.24, 2.45) is 5.92 Å². The number of hydrogen-bond acceptors (Lipinski definition) is 6. The number of amides is 1. The van der Waals surface area contributed by atoms with Crippen LogP contribution in [0.1, 0.15) is 87.3 Å². The maximum absolute atomic E-state index is 13.8. The van der Waals surface area contributed by atoms with Crippen molar-refractivity contribution in [1.29, 1.82) is 0 Å². The molecular weight excluding hydrogens is 468 g/mol. The fraction of sp³-hybridized carbons (Fsp3) is 0.600. The van der Waals surface area contributed by atoms with E-state index in [1.54, 1.807) is 10.9 Å². The van der Waals surface area contributed by atoms with Crippen molar-refractivity contribution in [1.82, 2.24) is 24.4 Å². The Hall–Kier alpha value is -3.08. The molecule has 9 nitrogen and oxygen atoms in total. The lowest BCUT2D eigenvalue weighted by Crippen LogP contribution is -2.42. The highest BCUT2D eigenvalue weighted by molar-refractivity contribution is 6.08. The molecule has 36 heavy (non-hydrogen) atoms. The number of piperidine rings is 1. The molecule has 2 aliphatic rings. The van der Waals surface area contributed by atoms with Crippen LogP contribution in [0.4, 0.5) is 20.3 Å². The van der Waals surface area contributed by atoms with Crippen LogP contribution in [0.25, 0.3) is 5.65 Å². The number of fused-ring (bicyclic) bond motifs is 1. The van der Waals surface area contributed by atoms with Crippen molar-refractivity contribution < 1.29 is 18.7 Å². The Kier molecular flexibility index (Phi) is 6.67. The summed E-state index contributed by atoms with van der Waals surface area (Å²) in [5.74, 6) is 0.792. The smallest absolute Gasteiger partial charge is 0.284 e. The first kappa shape index (κ1) is 24.6. The molecule has 5 rings (SSSR count). The molecule has 4 heterocycles. The van der Waals surface area contributed by atoms with Crippen LogP contribution < -0.4 is 10.2 Å². The highest BCUT2D eigenvalue weighted by Gasteiger charge is 2.29. The predicted octanol–water partition coefficient (Wildman–Crippen LogP) is 4.61. The Morgan fingerprint density at radius 2 is 1.97 bits per heavy atom. The van der Waals surface area contributed by atoms with Gasteiger partial charge >= 0.3 is 0 Å². The third-order valence-electron chi connectivity index (χ3n) is 7.75. The summed E-state index contributed by atoms with van der Waals surface area (Å²) < 4.78 is 30.7. The molecule has 0 aromatic carbocycles. The van der Waals surface area contributed by atoms with Gasteiger partial charge < -0.3 is 15.3 Å². The number of alkyl halides is 2. The third-order valence-corrected chi connectivity index (χ3v) is 7.75. The Balaban J connectivity index is 1.36. The van der Waals surface area contributed by atoms with Gasteiger partial charge in [-0.3, -0.25) is 9.48 Å². The number of carbonyl (C=O) groups is 1. The molecule has 0 bridgehead atoms. The molecule has 2 fully saturated rings. The zero-order valence-corrected chi connectivity index (χ0v) is 20.7. The highest BCUT2D eigenvalue weighted by Crippen LogP contribution is 2.36. The molecule has 3 aromatic heterocycles. The number of aromatic nitrogens is 5. The average molecular weight is 502 g/mol. The van der Waals surface area contributed by atoms with E-state index in [4.69, 9.17) is 0 Å². The lowest BCUT2D eigenvalue weighted by Gasteiger charge is -2.36. The van der Waals surface area contributed by atoms with Gasteiger partial charge in [0.1, 0.15) is 11.4 Å². The fourth-order valence-corrected chi connectivity index (χ4v) is 5.27. The second-order valence-corrected chi connectivity index (χ2v) is 10.3. The van der Waals surface area contributed by atoms with Gasteiger partial charge in [0, 0.05) is 25.5 Å². The van der Waals surface area contributed by atoms with Crippen molar-refractivity contribution in [3.05, 3.63) is 35.9 Å².